The molecule has 0 saturated carbocycles. The molecule has 4 nitrogen and oxygen atoms in total. The van der Waals surface area contributed by atoms with Crippen LogP contribution in [0.2, 0.25) is 10.0 Å². The molecule has 0 aromatic heterocycles. The molecule has 162 valence electrons. The largest absolute Gasteiger partial charge is 0.368 e. The number of rotatable bonds is 4. The van der Waals surface area contributed by atoms with Gasteiger partial charge >= 0.3 is 0 Å². The van der Waals surface area contributed by atoms with Crippen molar-refractivity contribution in [3.63, 3.8) is 0 Å². The molecule has 1 aliphatic heterocycles. The lowest BCUT2D eigenvalue weighted by molar-refractivity contribution is 0.261. The summed E-state index contributed by atoms with van der Waals surface area (Å²) in [5, 5.41) is 19.2. The van der Waals surface area contributed by atoms with Crippen molar-refractivity contribution in [3.8, 4) is 12.1 Å². The molecule has 3 aromatic carbocycles. The highest BCUT2D eigenvalue weighted by Gasteiger charge is 2.18. The topological polar surface area (TPSA) is 54.1 Å². The maximum Gasteiger partial charge on any atom is 0.0992 e. The number of benzene rings is 3. The third kappa shape index (κ3) is 7.01. The second-order valence-corrected chi connectivity index (χ2v) is 8.30. The summed E-state index contributed by atoms with van der Waals surface area (Å²) in [6, 6.07) is 27.0. The van der Waals surface area contributed by atoms with Crippen molar-refractivity contribution in [1.29, 1.82) is 10.5 Å². The lowest BCUT2D eigenvalue weighted by atomic mass is 10.1. The van der Waals surface area contributed by atoms with Crippen molar-refractivity contribution in [2.45, 2.75) is 6.42 Å². The first kappa shape index (κ1) is 23.6. The van der Waals surface area contributed by atoms with E-state index in [0.717, 1.165) is 49.9 Å². The molecule has 0 N–H and O–H groups in total. The van der Waals surface area contributed by atoms with E-state index >= 15 is 0 Å². The fourth-order valence-electron chi connectivity index (χ4n) is 3.49. The highest BCUT2D eigenvalue weighted by atomic mass is 35.5. The molecule has 0 radical (unpaired) electrons. The zero-order valence-electron chi connectivity index (χ0n) is 17.7. The second-order valence-electron chi connectivity index (χ2n) is 7.46. The van der Waals surface area contributed by atoms with Crippen LogP contribution in [0.15, 0.2) is 72.8 Å². The van der Waals surface area contributed by atoms with Gasteiger partial charge in [-0.25, -0.2) is 0 Å². The molecule has 0 atom stereocenters. The van der Waals surface area contributed by atoms with Gasteiger partial charge < -0.3 is 4.90 Å². The summed E-state index contributed by atoms with van der Waals surface area (Å²) in [5.41, 5.74) is 3.57. The van der Waals surface area contributed by atoms with Crippen molar-refractivity contribution in [3.05, 3.63) is 99.5 Å². The smallest absolute Gasteiger partial charge is 0.0992 e. The van der Waals surface area contributed by atoms with Crippen LogP contribution < -0.4 is 4.90 Å². The minimum absolute atomic E-state index is 0.592. The van der Waals surface area contributed by atoms with Gasteiger partial charge in [-0.1, -0.05) is 53.5 Å². The average molecular weight is 463 g/mol. The molecule has 0 aliphatic carbocycles. The van der Waals surface area contributed by atoms with Crippen LogP contribution in [0.4, 0.5) is 5.69 Å². The summed E-state index contributed by atoms with van der Waals surface area (Å²) in [5.74, 6) is 0. The molecular weight excluding hydrogens is 439 g/mol. The maximum atomic E-state index is 8.94. The Morgan fingerprint density at radius 1 is 0.750 bits per heavy atom. The minimum Gasteiger partial charge on any atom is -0.368 e. The summed E-state index contributed by atoms with van der Waals surface area (Å²) in [6.07, 6.45) is 0.989. The number of nitrogens with zero attached hydrogens (tertiary/aromatic N) is 4. The van der Waals surface area contributed by atoms with Crippen LogP contribution in [0.5, 0.6) is 0 Å². The maximum absolute atomic E-state index is 8.94. The van der Waals surface area contributed by atoms with Crippen molar-refractivity contribution in [2.24, 2.45) is 0 Å². The summed E-state index contributed by atoms with van der Waals surface area (Å²) >= 11 is 11.9. The SMILES string of the molecule is Clc1ccccc1.N#Cc1ccc(CCN2CCN(c3ccc(C#N)cc3Cl)CC2)cc1. The van der Waals surface area contributed by atoms with Gasteiger partial charge in [-0.2, -0.15) is 10.5 Å². The van der Waals surface area contributed by atoms with E-state index in [-0.39, 0.29) is 0 Å². The van der Waals surface area contributed by atoms with Crippen LogP contribution in [-0.2, 0) is 6.42 Å². The van der Waals surface area contributed by atoms with Crippen LogP contribution in [0.25, 0.3) is 0 Å². The van der Waals surface area contributed by atoms with Crippen molar-refractivity contribution in [1.82, 2.24) is 4.90 Å². The van der Waals surface area contributed by atoms with Gasteiger partial charge in [0.2, 0.25) is 0 Å². The molecule has 3 aromatic rings. The lowest BCUT2D eigenvalue weighted by Gasteiger charge is -2.36. The number of halogens is 2. The number of piperazine rings is 1. The van der Waals surface area contributed by atoms with Crippen LogP contribution in [0, 0.1) is 22.7 Å². The monoisotopic (exact) mass is 462 g/mol. The molecule has 1 saturated heterocycles. The molecule has 0 bridgehead atoms. The van der Waals surface area contributed by atoms with Crippen molar-refractivity contribution in [2.75, 3.05) is 37.6 Å². The first-order valence-corrected chi connectivity index (χ1v) is 11.2. The fraction of sp³-hybridized carbons (Fsp3) is 0.231. The third-order valence-corrected chi connectivity index (χ3v) is 5.88. The van der Waals surface area contributed by atoms with Gasteiger partial charge in [-0.15, -0.1) is 0 Å². The highest BCUT2D eigenvalue weighted by molar-refractivity contribution is 6.33. The van der Waals surface area contributed by atoms with E-state index in [9.17, 15) is 0 Å². The number of anilines is 1. The number of hydrogen-bond acceptors (Lipinski definition) is 4. The standard InChI is InChI=1S/C20H19ClN4.C6H5Cl/c21-19-13-18(15-23)5-6-20(19)25-11-9-24(10-12-25)8-7-16-1-3-17(14-22)4-2-16;7-6-4-2-1-3-5-6/h1-6,13H,7-12H2;1-5H. The normalized spacial score (nSPS) is 13.4. The molecule has 32 heavy (non-hydrogen) atoms. The summed E-state index contributed by atoms with van der Waals surface area (Å²) in [6.45, 7) is 4.86. The van der Waals surface area contributed by atoms with E-state index in [1.54, 1.807) is 6.07 Å². The van der Waals surface area contributed by atoms with E-state index in [4.69, 9.17) is 33.7 Å². The Kier molecular flexibility index (Phi) is 8.96. The van der Waals surface area contributed by atoms with Crippen LogP contribution in [0.1, 0.15) is 16.7 Å². The van der Waals surface area contributed by atoms with Gasteiger partial charge in [0.15, 0.2) is 0 Å². The second kappa shape index (κ2) is 12.1. The first-order valence-electron chi connectivity index (χ1n) is 10.5. The minimum atomic E-state index is 0.592. The molecular formula is C26H24Cl2N4. The fourth-order valence-corrected chi connectivity index (χ4v) is 3.94. The Hall–Kier alpha value is -3.02. The Labute approximate surface area is 199 Å². The first-order chi connectivity index (χ1) is 15.6. The zero-order chi connectivity index (χ0) is 22.8. The van der Waals surface area contributed by atoms with Gasteiger partial charge in [0, 0.05) is 37.7 Å². The zero-order valence-corrected chi connectivity index (χ0v) is 19.2. The van der Waals surface area contributed by atoms with E-state index in [2.05, 4.69) is 21.9 Å². The van der Waals surface area contributed by atoms with Crippen LogP contribution >= 0.6 is 23.2 Å². The van der Waals surface area contributed by atoms with E-state index < -0.39 is 0 Å². The predicted molar refractivity (Wildman–Crippen MR) is 131 cm³/mol. The van der Waals surface area contributed by atoms with Crippen LogP contribution in [-0.4, -0.2) is 37.6 Å². The Morgan fingerprint density at radius 2 is 1.38 bits per heavy atom. The molecule has 4 rings (SSSR count). The van der Waals surface area contributed by atoms with Gasteiger partial charge in [0.1, 0.15) is 0 Å². The molecule has 6 heteroatoms. The van der Waals surface area contributed by atoms with E-state index in [0.29, 0.717) is 16.1 Å². The molecule has 1 fully saturated rings. The number of hydrogen-bond donors (Lipinski definition) is 0. The Morgan fingerprint density at radius 3 is 1.91 bits per heavy atom. The highest BCUT2D eigenvalue weighted by Crippen LogP contribution is 2.27. The van der Waals surface area contributed by atoms with Gasteiger partial charge in [-0.05, 0) is 54.4 Å². The van der Waals surface area contributed by atoms with Gasteiger partial charge in [-0.3, -0.25) is 4.90 Å². The molecule has 0 unspecified atom stereocenters. The third-order valence-electron chi connectivity index (χ3n) is 5.32. The predicted octanol–water partition coefficient (Wildman–Crippen LogP) is 5.79. The van der Waals surface area contributed by atoms with Crippen molar-refractivity contribution >= 4 is 28.9 Å². The van der Waals surface area contributed by atoms with E-state index in [1.807, 2.05) is 66.7 Å². The van der Waals surface area contributed by atoms with Crippen LogP contribution in [0.3, 0.4) is 0 Å². The quantitative estimate of drug-likeness (QED) is 0.492. The number of nitriles is 2. The van der Waals surface area contributed by atoms with Gasteiger partial charge in [0.05, 0.1) is 34.0 Å². The lowest BCUT2D eigenvalue weighted by Crippen LogP contribution is -2.47. The Bertz CT molecular complexity index is 1080. The summed E-state index contributed by atoms with van der Waals surface area (Å²) in [7, 11) is 0. The van der Waals surface area contributed by atoms with Crippen molar-refractivity contribution < 1.29 is 0 Å². The van der Waals surface area contributed by atoms with Gasteiger partial charge in [0.25, 0.3) is 0 Å². The summed E-state index contributed by atoms with van der Waals surface area (Å²) < 4.78 is 0. The summed E-state index contributed by atoms with van der Waals surface area (Å²) in [4.78, 5) is 4.73. The molecule has 0 amide bonds. The Balaban J connectivity index is 0.000000352. The molecule has 1 aliphatic rings. The molecule has 0 spiro atoms. The molecule has 1 heterocycles. The van der Waals surface area contributed by atoms with E-state index in [1.165, 1.54) is 5.56 Å². The average Bonchev–Trinajstić information content (AvgIpc) is 2.84.